The van der Waals surface area contributed by atoms with E-state index in [-0.39, 0.29) is 24.9 Å². The van der Waals surface area contributed by atoms with Crippen LogP contribution in [0.25, 0.3) is 0 Å². The van der Waals surface area contributed by atoms with Gasteiger partial charge in [0, 0.05) is 13.0 Å². The molecule has 15 heavy (non-hydrogen) atoms. The van der Waals surface area contributed by atoms with Crippen LogP contribution in [0.3, 0.4) is 0 Å². The Bertz CT molecular complexity index is 341. The van der Waals surface area contributed by atoms with Crippen LogP contribution >= 0.6 is 12.4 Å². The summed E-state index contributed by atoms with van der Waals surface area (Å²) in [6, 6.07) is 0. The van der Waals surface area contributed by atoms with E-state index >= 15 is 0 Å². The molecule has 1 aromatic rings. The zero-order valence-electron chi connectivity index (χ0n) is 8.18. The standard InChI is InChI=1S/C8H12N4O2.ClH/c9-4-6-10-7(14-11-6)5-12-3-1-2-8(12)13;/h1-5,9H2;1H. The molecule has 7 heteroatoms. The van der Waals surface area contributed by atoms with Crippen LogP contribution in [-0.4, -0.2) is 27.5 Å². The molecule has 2 rings (SSSR count). The third-order valence-electron chi connectivity index (χ3n) is 2.19. The molecule has 1 fully saturated rings. The van der Waals surface area contributed by atoms with E-state index in [1.807, 2.05) is 0 Å². The summed E-state index contributed by atoms with van der Waals surface area (Å²) in [6.07, 6.45) is 1.54. The van der Waals surface area contributed by atoms with E-state index in [9.17, 15) is 4.79 Å². The van der Waals surface area contributed by atoms with Crippen LogP contribution in [0.5, 0.6) is 0 Å². The maximum atomic E-state index is 11.3. The summed E-state index contributed by atoms with van der Waals surface area (Å²) in [5, 5.41) is 3.65. The Morgan fingerprint density at radius 1 is 1.53 bits per heavy atom. The molecular weight excluding hydrogens is 220 g/mol. The fourth-order valence-corrected chi connectivity index (χ4v) is 1.47. The van der Waals surface area contributed by atoms with E-state index in [2.05, 4.69) is 10.1 Å². The molecule has 84 valence electrons. The molecule has 1 saturated heterocycles. The second kappa shape index (κ2) is 5.09. The second-order valence-electron chi connectivity index (χ2n) is 3.23. The van der Waals surface area contributed by atoms with Crippen LogP contribution in [-0.2, 0) is 17.9 Å². The van der Waals surface area contributed by atoms with Gasteiger partial charge in [0.25, 0.3) is 0 Å². The van der Waals surface area contributed by atoms with E-state index in [1.54, 1.807) is 4.90 Å². The van der Waals surface area contributed by atoms with Gasteiger partial charge >= 0.3 is 0 Å². The number of nitrogens with zero attached hydrogens (tertiary/aromatic N) is 3. The summed E-state index contributed by atoms with van der Waals surface area (Å²) in [4.78, 5) is 17.0. The smallest absolute Gasteiger partial charge is 0.246 e. The number of hydrogen-bond donors (Lipinski definition) is 1. The maximum absolute atomic E-state index is 11.3. The third-order valence-corrected chi connectivity index (χ3v) is 2.19. The van der Waals surface area contributed by atoms with Gasteiger partial charge in [0.2, 0.25) is 11.8 Å². The molecule has 0 aliphatic carbocycles. The van der Waals surface area contributed by atoms with Crippen LogP contribution < -0.4 is 5.73 Å². The summed E-state index contributed by atoms with van der Waals surface area (Å²) < 4.78 is 4.93. The van der Waals surface area contributed by atoms with Gasteiger partial charge in [0.1, 0.15) is 0 Å². The minimum absolute atomic E-state index is 0. The molecule has 2 heterocycles. The second-order valence-corrected chi connectivity index (χ2v) is 3.23. The molecule has 1 aliphatic heterocycles. The lowest BCUT2D eigenvalue weighted by Gasteiger charge is -2.11. The lowest BCUT2D eigenvalue weighted by atomic mass is 10.4. The van der Waals surface area contributed by atoms with Crippen molar-refractivity contribution in [2.24, 2.45) is 5.73 Å². The molecule has 0 atom stereocenters. The maximum Gasteiger partial charge on any atom is 0.246 e. The number of halogens is 1. The van der Waals surface area contributed by atoms with Gasteiger partial charge in [0.05, 0.1) is 13.1 Å². The van der Waals surface area contributed by atoms with Gasteiger partial charge in [0.15, 0.2) is 5.82 Å². The number of carbonyl (C=O) groups is 1. The highest BCUT2D eigenvalue weighted by atomic mass is 35.5. The largest absolute Gasteiger partial charge is 0.337 e. The van der Waals surface area contributed by atoms with Crippen molar-refractivity contribution in [2.75, 3.05) is 6.54 Å². The Labute approximate surface area is 93.2 Å². The first-order valence-corrected chi connectivity index (χ1v) is 4.59. The van der Waals surface area contributed by atoms with Crippen LogP contribution in [0.1, 0.15) is 24.6 Å². The molecule has 1 aliphatic rings. The van der Waals surface area contributed by atoms with Crippen molar-refractivity contribution in [1.82, 2.24) is 15.0 Å². The van der Waals surface area contributed by atoms with Crippen LogP contribution in [0.15, 0.2) is 4.52 Å². The number of hydrogen-bond acceptors (Lipinski definition) is 5. The topological polar surface area (TPSA) is 85.2 Å². The summed E-state index contributed by atoms with van der Waals surface area (Å²) >= 11 is 0. The number of aromatic nitrogens is 2. The Morgan fingerprint density at radius 2 is 2.33 bits per heavy atom. The average Bonchev–Trinajstić information content (AvgIpc) is 2.77. The molecule has 0 radical (unpaired) electrons. The van der Waals surface area contributed by atoms with Gasteiger partial charge in [-0.1, -0.05) is 5.16 Å². The summed E-state index contributed by atoms with van der Waals surface area (Å²) in [5.74, 6) is 1.09. The fourth-order valence-electron chi connectivity index (χ4n) is 1.47. The minimum atomic E-state index is 0. The quantitative estimate of drug-likeness (QED) is 0.797. The number of amides is 1. The third kappa shape index (κ3) is 2.66. The van der Waals surface area contributed by atoms with Crippen molar-refractivity contribution in [1.29, 1.82) is 0 Å². The van der Waals surface area contributed by atoms with Gasteiger partial charge < -0.3 is 15.2 Å². The molecular formula is C8H13ClN4O2. The molecule has 2 N–H and O–H groups in total. The summed E-state index contributed by atoms with van der Waals surface area (Å²) in [5.41, 5.74) is 5.33. The number of rotatable bonds is 3. The van der Waals surface area contributed by atoms with E-state index < -0.39 is 0 Å². The summed E-state index contributed by atoms with van der Waals surface area (Å²) in [6.45, 7) is 1.45. The zero-order chi connectivity index (χ0) is 9.97. The van der Waals surface area contributed by atoms with Crippen molar-refractivity contribution in [3.63, 3.8) is 0 Å². The highest BCUT2D eigenvalue weighted by Gasteiger charge is 2.22. The first-order valence-electron chi connectivity index (χ1n) is 4.59. The molecule has 1 amide bonds. The molecule has 1 aromatic heterocycles. The molecule has 0 spiro atoms. The van der Waals surface area contributed by atoms with Crippen molar-refractivity contribution in [3.8, 4) is 0 Å². The SMILES string of the molecule is Cl.NCc1noc(CN2CCCC2=O)n1. The van der Waals surface area contributed by atoms with Crippen LogP contribution in [0.4, 0.5) is 0 Å². The Morgan fingerprint density at radius 3 is 2.87 bits per heavy atom. The number of carbonyl (C=O) groups excluding carboxylic acids is 1. The van der Waals surface area contributed by atoms with Crippen molar-refractivity contribution < 1.29 is 9.32 Å². The van der Waals surface area contributed by atoms with E-state index in [0.717, 1.165) is 13.0 Å². The van der Waals surface area contributed by atoms with Gasteiger partial charge in [-0.05, 0) is 6.42 Å². The first-order chi connectivity index (χ1) is 6.79. The monoisotopic (exact) mass is 232 g/mol. The van der Waals surface area contributed by atoms with E-state index in [0.29, 0.717) is 24.7 Å². The van der Waals surface area contributed by atoms with Gasteiger partial charge in [-0.15, -0.1) is 12.4 Å². The molecule has 6 nitrogen and oxygen atoms in total. The Balaban J connectivity index is 0.00000112. The normalized spacial score (nSPS) is 15.5. The average molecular weight is 233 g/mol. The van der Waals surface area contributed by atoms with Crippen molar-refractivity contribution in [2.45, 2.75) is 25.9 Å². The van der Waals surface area contributed by atoms with Gasteiger partial charge in [-0.3, -0.25) is 4.79 Å². The minimum Gasteiger partial charge on any atom is -0.337 e. The summed E-state index contributed by atoms with van der Waals surface area (Å²) in [7, 11) is 0. The predicted octanol–water partition coefficient (Wildman–Crippen LogP) is 0.0725. The Hall–Kier alpha value is -1.14. The van der Waals surface area contributed by atoms with Crippen LogP contribution in [0.2, 0.25) is 0 Å². The zero-order valence-corrected chi connectivity index (χ0v) is 9.00. The molecule has 0 aromatic carbocycles. The van der Waals surface area contributed by atoms with Gasteiger partial charge in [-0.2, -0.15) is 4.98 Å². The lowest BCUT2D eigenvalue weighted by Crippen LogP contribution is -2.24. The number of likely N-dealkylation sites (tertiary alicyclic amines) is 1. The van der Waals surface area contributed by atoms with Gasteiger partial charge in [-0.25, -0.2) is 0 Å². The lowest BCUT2D eigenvalue weighted by molar-refractivity contribution is -0.128. The highest BCUT2D eigenvalue weighted by Crippen LogP contribution is 2.12. The fraction of sp³-hybridized carbons (Fsp3) is 0.625. The van der Waals surface area contributed by atoms with Crippen molar-refractivity contribution in [3.05, 3.63) is 11.7 Å². The molecule has 0 saturated carbocycles. The highest BCUT2D eigenvalue weighted by molar-refractivity contribution is 5.85. The van der Waals surface area contributed by atoms with Crippen molar-refractivity contribution >= 4 is 18.3 Å². The number of nitrogens with two attached hydrogens (primary N) is 1. The first kappa shape index (κ1) is 11.9. The van der Waals surface area contributed by atoms with Crippen LogP contribution in [0, 0.1) is 0 Å². The van der Waals surface area contributed by atoms with E-state index in [1.165, 1.54) is 0 Å². The molecule has 0 unspecified atom stereocenters. The van der Waals surface area contributed by atoms with E-state index in [4.69, 9.17) is 10.3 Å². The Kier molecular flexibility index (Phi) is 4.05. The predicted molar refractivity (Wildman–Crippen MR) is 54.1 cm³/mol. The molecule has 0 bridgehead atoms.